The van der Waals surface area contributed by atoms with E-state index in [1.807, 2.05) is 30.3 Å². The first-order valence-corrected chi connectivity index (χ1v) is 9.58. The van der Waals surface area contributed by atoms with Gasteiger partial charge in [-0.05, 0) is 30.6 Å². The number of aliphatic hydroxyl groups excluding tert-OH is 1. The SMILES string of the molecule is OC(COCc1ccccc1)CN1CCCN(Cc2ccccc2)CC1. The van der Waals surface area contributed by atoms with Gasteiger partial charge in [-0.2, -0.15) is 0 Å². The molecule has 0 saturated carbocycles. The smallest absolute Gasteiger partial charge is 0.0900 e. The van der Waals surface area contributed by atoms with Crippen molar-refractivity contribution in [2.75, 3.05) is 39.3 Å². The lowest BCUT2D eigenvalue weighted by Crippen LogP contribution is -2.37. The van der Waals surface area contributed by atoms with Crippen molar-refractivity contribution in [1.29, 1.82) is 0 Å². The Bertz CT molecular complexity index is 621. The van der Waals surface area contributed by atoms with E-state index in [2.05, 4.69) is 40.1 Å². The predicted octanol–water partition coefficient (Wildman–Crippen LogP) is 2.77. The van der Waals surface area contributed by atoms with Crippen LogP contribution in [-0.4, -0.2) is 60.3 Å². The van der Waals surface area contributed by atoms with Crippen molar-refractivity contribution in [3.8, 4) is 0 Å². The fourth-order valence-corrected chi connectivity index (χ4v) is 3.44. The van der Waals surface area contributed by atoms with Gasteiger partial charge in [-0.3, -0.25) is 9.80 Å². The molecular weight excluding hydrogens is 324 g/mol. The lowest BCUT2D eigenvalue weighted by atomic mass is 10.2. The molecule has 1 atom stereocenters. The molecule has 0 amide bonds. The zero-order chi connectivity index (χ0) is 18.0. The highest BCUT2D eigenvalue weighted by atomic mass is 16.5. The summed E-state index contributed by atoms with van der Waals surface area (Å²) < 4.78 is 5.67. The average Bonchev–Trinajstić information content (AvgIpc) is 2.89. The number of hydrogen-bond donors (Lipinski definition) is 1. The second-order valence-corrected chi connectivity index (χ2v) is 7.07. The van der Waals surface area contributed by atoms with E-state index >= 15 is 0 Å². The average molecular weight is 354 g/mol. The summed E-state index contributed by atoms with van der Waals surface area (Å²) >= 11 is 0. The highest BCUT2D eigenvalue weighted by Crippen LogP contribution is 2.09. The summed E-state index contributed by atoms with van der Waals surface area (Å²) in [5.74, 6) is 0. The Labute approximate surface area is 157 Å². The first-order chi connectivity index (χ1) is 12.8. The van der Waals surface area contributed by atoms with E-state index in [0.717, 1.165) is 44.7 Å². The van der Waals surface area contributed by atoms with Gasteiger partial charge in [0.1, 0.15) is 0 Å². The van der Waals surface area contributed by atoms with Crippen molar-refractivity contribution < 1.29 is 9.84 Å². The summed E-state index contributed by atoms with van der Waals surface area (Å²) in [5, 5.41) is 10.3. The van der Waals surface area contributed by atoms with Gasteiger partial charge in [0, 0.05) is 26.2 Å². The Morgan fingerprint density at radius 3 is 2.15 bits per heavy atom. The molecule has 1 unspecified atom stereocenters. The molecule has 0 bridgehead atoms. The Morgan fingerprint density at radius 2 is 1.42 bits per heavy atom. The number of β-amino-alcohol motifs (C(OH)–C–C–N with tert-alkyl or cyclic N) is 1. The van der Waals surface area contributed by atoms with Crippen molar-refractivity contribution >= 4 is 0 Å². The maximum Gasteiger partial charge on any atom is 0.0900 e. The number of rotatable bonds is 8. The summed E-state index contributed by atoms with van der Waals surface area (Å²) in [6.45, 7) is 6.86. The van der Waals surface area contributed by atoms with Crippen LogP contribution in [0.25, 0.3) is 0 Å². The predicted molar refractivity (Wildman–Crippen MR) is 105 cm³/mol. The zero-order valence-electron chi connectivity index (χ0n) is 15.5. The van der Waals surface area contributed by atoms with Gasteiger partial charge >= 0.3 is 0 Å². The molecule has 0 aromatic heterocycles. The van der Waals surface area contributed by atoms with Crippen LogP contribution in [0.2, 0.25) is 0 Å². The first kappa shape index (κ1) is 19.1. The Kier molecular flexibility index (Phi) is 7.65. The van der Waals surface area contributed by atoms with Crippen LogP contribution in [0.15, 0.2) is 60.7 Å². The molecule has 140 valence electrons. The largest absolute Gasteiger partial charge is 0.389 e. The maximum absolute atomic E-state index is 10.3. The summed E-state index contributed by atoms with van der Waals surface area (Å²) in [5.41, 5.74) is 2.52. The van der Waals surface area contributed by atoms with E-state index < -0.39 is 6.10 Å². The topological polar surface area (TPSA) is 35.9 Å². The van der Waals surface area contributed by atoms with E-state index in [1.54, 1.807) is 0 Å². The summed E-state index contributed by atoms with van der Waals surface area (Å²) in [7, 11) is 0. The van der Waals surface area contributed by atoms with E-state index in [-0.39, 0.29) is 0 Å². The Morgan fingerprint density at radius 1 is 0.808 bits per heavy atom. The van der Waals surface area contributed by atoms with Crippen LogP contribution in [0, 0.1) is 0 Å². The highest BCUT2D eigenvalue weighted by molar-refractivity contribution is 5.14. The lowest BCUT2D eigenvalue weighted by molar-refractivity contribution is 0.0105. The van der Waals surface area contributed by atoms with Crippen LogP contribution in [-0.2, 0) is 17.9 Å². The molecule has 1 N–H and O–H groups in total. The normalized spacial score (nSPS) is 17.7. The summed E-state index contributed by atoms with van der Waals surface area (Å²) in [4.78, 5) is 4.87. The van der Waals surface area contributed by atoms with Gasteiger partial charge in [0.15, 0.2) is 0 Å². The third-order valence-electron chi connectivity index (χ3n) is 4.82. The first-order valence-electron chi connectivity index (χ1n) is 9.58. The van der Waals surface area contributed by atoms with Gasteiger partial charge in [-0.25, -0.2) is 0 Å². The van der Waals surface area contributed by atoms with Crippen molar-refractivity contribution in [2.24, 2.45) is 0 Å². The van der Waals surface area contributed by atoms with Crippen LogP contribution in [0.4, 0.5) is 0 Å². The number of aliphatic hydroxyl groups is 1. The van der Waals surface area contributed by atoms with Gasteiger partial charge in [0.05, 0.1) is 19.3 Å². The molecule has 1 saturated heterocycles. The molecule has 2 aromatic rings. The van der Waals surface area contributed by atoms with Gasteiger partial charge in [-0.15, -0.1) is 0 Å². The molecular formula is C22H30N2O2. The van der Waals surface area contributed by atoms with Crippen LogP contribution < -0.4 is 0 Å². The number of hydrogen-bond acceptors (Lipinski definition) is 4. The molecule has 0 aliphatic carbocycles. The molecule has 1 aliphatic rings. The monoisotopic (exact) mass is 354 g/mol. The summed E-state index contributed by atoms with van der Waals surface area (Å²) in [6, 6.07) is 20.8. The molecule has 1 heterocycles. The Balaban J connectivity index is 1.36. The van der Waals surface area contributed by atoms with Crippen LogP contribution in [0.3, 0.4) is 0 Å². The zero-order valence-corrected chi connectivity index (χ0v) is 15.5. The quantitative estimate of drug-likeness (QED) is 0.791. The van der Waals surface area contributed by atoms with E-state index in [0.29, 0.717) is 19.8 Å². The van der Waals surface area contributed by atoms with Crippen molar-refractivity contribution in [2.45, 2.75) is 25.7 Å². The Hall–Kier alpha value is -1.72. The molecule has 1 aliphatic heterocycles. The van der Waals surface area contributed by atoms with Crippen molar-refractivity contribution in [1.82, 2.24) is 9.80 Å². The van der Waals surface area contributed by atoms with Gasteiger partial charge < -0.3 is 9.84 Å². The van der Waals surface area contributed by atoms with Crippen molar-refractivity contribution in [3.05, 3.63) is 71.8 Å². The molecule has 4 nitrogen and oxygen atoms in total. The van der Waals surface area contributed by atoms with Crippen LogP contribution in [0.1, 0.15) is 17.5 Å². The third-order valence-corrected chi connectivity index (χ3v) is 4.82. The molecule has 0 radical (unpaired) electrons. The third kappa shape index (κ3) is 6.54. The minimum absolute atomic E-state index is 0.388. The fraction of sp³-hybridized carbons (Fsp3) is 0.455. The van der Waals surface area contributed by atoms with Crippen LogP contribution in [0.5, 0.6) is 0 Å². The minimum Gasteiger partial charge on any atom is -0.389 e. The summed E-state index contributed by atoms with van der Waals surface area (Å²) in [6.07, 6.45) is 0.712. The van der Waals surface area contributed by atoms with E-state index in [4.69, 9.17) is 4.74 Å². The molecule has 1 fully saturated rings. The van der Waals surface area contributed by atoms with Crippen molar-refractivity contribution in [3.63, 3.8) is 0 Å². The van der Waals surface area contributed by atoms with E-state index in [9.17, 15) is 5.11 Å². The lowest BCUT2D eigenvalue weighted by Gasteiger charge is -2.24. The standard InChI is InChI=1S/C22H30N2O2/c25-22(19-26-18-21-10-5-2-6-11-21)17-24-13-7-12-23(14-15-24)16-20-8-3-1-4-9-20/h1-6,8-11,22,25H,7,12-19H2. The number of benzene rings is 2. The highest BCUT2D eigenvalue weighted by Gasteiger charge is 2.17. The molecule has 4 heteroatoms. The van der Waals surface area contributed by atoms with E-state index in [1.165, 1.54) is 5.56 Å². The van der Waals surface area contributed by atoms with Crippen LogP contribution >= 0.6 is 0 Å². The molecule has 26 heavy (non-hydrogen) atoms. The molecule has 0 spiro atoms. The second-order valence-electron chi connectivity index (χ2n) is 7.07. The number of ether oxygens (including phenoxy) is 1. The second kappa shape index (κ2) is 10.4. The fourth-order valence-electron chi connectivity index (χ4n) is 3.44. The molecule has 2 aromatic carbocycles. The van der Waals surface area contributed by atoms with Gasteiger partial charge in [-0.1, -0.05) is 60.7 Å². The van der Waals surface area contributed by atoms with Gasteiger partial charge in [0.2, 0.25) is 0 Å². The van der Waals surface area contributed by atoms with Gasteiger partial charge in [0.25, 0.3) is 0 Å². The minimum atomic E-state index is -0.431. The number of nitrogens with zero attached hydrogens (tertiary/aromatic N) is 2. The maximum atomic E-state index is 10.3. The molecule has 3 rings (SSSR count).